The van der Waals surface area contributed by atoms with E-state index in [-0.39, 0.29) is 11.8 Å². The van der Waals surface area contributed by atoms with Gasteiger partial charge in [0.25, 0.3) is 0 Å². The second kappa shape index (κ2) is 6.30. The molecule has 0 unspecified atom stereocenters. The Hall–Kier alpha value is -3.47. The summed E-state index contributed by atoms with van der Waals surface area (Å²) in [6, 6.07) is 20.4. The Bertz CT molecular complexity index is 1180. The lowest BCUT2D eigenvalue weighted by atomic mass is 10.0. The van der Waals surface area contributed by atoms with Gasteiger partial charge in [-0.1, -0.05) is 42.5 Å². The zero-order chi connectivity index (χ0) is 19.3. The molecule has 4 aromatic rings. The number of hydrogen-bond donors (Lipinski definition) is 1. The van der Waals surface area contributed by atoms with Gasteiger partial charge in [0.2, 0.25) is 0 Å². The number of carboxylic acids is 1. The summed E-state index contributed by atoms with van der Waals surface area (Å²) in [7, 11) is 0. The molecule has 1 aliphatic rings. The fraction of sp³-hybridized carbons (Fsp3) is 0.174. The number of aromatic nitrogens is 3. The van der Waals surface area contributed by atoms with E-state index in [0.717, 1.165) is 45.5 Å². The number of benzene rings is 2. The monoisotopic (exact) mass is 369 g/mol. The average Bonchev–Trinajstić information content (AvgIpc) is 3.47. The highest BCUT2D eigenvalue weighted by Gasteiger charge is 2.43. The van der Waals surface area contributed by atoms with Gasteiger partial charge in [0.15, 0.2) is 5.82 Å². The third kappa shape index (κ3) is 2.76. The van der Waals surface area contributed by atoms with E-state index in [4.69, 9.17) is 5.11 Å². The number of aryl methyl sites for hydroxylation is 1. The third-order valence-electron chi connectivity index (χ3n) is 5.51. The van der Waals surface area contributed by atoms with E-state index in [0.29, 0.717) is 0 Å². The van der Waals surface area contributed by atoms with Gasteiger partial charge < -0.3 is 5.11 Å². The number of nitrogens with zero attached hydrogens (tertiary/aromatic N) is 3. The van der Waals surface area contributed by atoms with E-state index in [1.54, 1.807) is 6.20 Å². The molecular formula is C23H19N3O2. The molecule has 2 atom stereocenters. The molecule has 0 saturated heterocycles. The smallest absolute Gasteiger partial charge is 0.307 e. The van der Waals surface area contributed by atoms with Gasteiger partial charge in [0.1, 0.15) is 0 Å². The Morgan fingerprint density at radius 1 is 1.07 bits per heavy atom. The molecule has 138 valence electrons. The topological polar surface area (TPSA) is 68.0 Å². The Kier molecular flexibility index (Phi) is 3.76. The van der Waals surface area contributed by atoms with Crippen molar-refractivity contribution in [3.05, 3.63) is 78.1 Å². The molecule has 2 aromatic heterocycles. The van der Waals surface area contributed by atoms with Crippen LogP contribution in [0.2, 0.25) is 0 Å². The molecule has 2 heterocycles. The van der Waals surface area contributed by atoms with Crippen LogP contribution in [0.25, 0.3) is 27.8 Å². The van der Waals surface area contributed by atoms with Crippen LogP contribution in [0, 0.1) is 12.8 Å². The van der Waals surface area contributed by atoms with Gasteiger partial charge in [0.05, 0.1) is 17.1 Å². The molecule has 0 spiro atoms. The van der Waals surface area contributed by atoms with Crippen LogP contribution in [0.4, 0.5) is 0 Å². The molecule has 1 saturated carbocycles. The highest BCUT2D eigenvalue weighted by Crippen LogP contribution is 2.47. The number of hydrogen-bond acceptors (Lipinski definition) is 3. The molecule has 1 N–H and O–H groups in total. The number of fused-ring (bicyclic) bond motifs is 1. The zero-order valence-electron chi connectivity index (χ0n) is 15.4. The molecule has 1 aliphatic carbocycles. The van der Waals surface area contributed by atoms with Gasteiger partial charge in [-0.05, 0) is 54.2 Å². The molecule has 0 radical (unpaired) electrons. The molecule has 5 heteroatoms. The van der Waals surface area contributed by atoms with Crippen LogP contribution >= 0.6 is 0 Å². The van der Waals surface area contributed by atoms with Crippen molar-refractivity contribution in [2.24, 2.45) is 5.92 Å². The lowest BCUT2D eigenvalue weighted by molar-refractivity contribution is -0.138. The van der Waals surface area contributed by atoms with Gasteiger partial charge in [-0.2, -0.15) is 5.10 Å². The van der Waals surface area contributed by atoms with Crippen LogP contribution in [0.3, 0.4) is 0 Å². The zero-order valence-corrected chi connectivity index (χ0v) is 15.4. The highest BCUT2D eigenvalue weighted by atomic mass is 16.4. The van der Waals surface area contributed by atoms with E-state index in [1.165, 1.54) is 0 Å². The van der Waals surface area contributed by atoms with E-state index in [1.807, 2.05) is 29.8 Å². The predicted octanol–water partition coefficient (Wildman–Crippen LogP) is 4.58. The maximum absolute atomic E-state index is 11.1. The van der Waals surface area contributed by atoms with Crippen molar-refractivity contribution < 1.29 is 9.90 Å². The summed E-state index contributed by atoms with van der Waals surface area (Å²) in [6.07, 6.45) is 2.51. The summed E-state index contributed by atoms with van der Waals surface area (Å²) in [6.45, 7) is 2.00. The van der Waals surface area contributed by atoms with Crippen molar-refractivity contribution in [1.82, 2.24) is 14.8 Å². The van der Waals surface area contributed by atoms with Crippen LogP contribution in [0.1, 0.15) is 23.6 Å². The summed E-state index contributed by atoms with van der Waals surface area (Å²) in [5, 5.41) is 14.9. The Labute approximate surface area is 162 Å². The lowest BCUT2D eigenvalue weighted by Crippen LogP contribution is -1.99. The number of aliphatic carboxylic acids is 1. The van der Waals surface area contributed by atoms with Crippen LogP contribution in [0.15, 0.2) is 66.9 Å². The molecule has 2 aromatic carbocycles. The first-order chi connectivity index (χ1) is 13.6. The van der Waals surface area contributed by atoms with Gasteiger partial charge in [-0.3, -0.25) is 4.79 Å². The maximum Gasteiger partial charge on any atom is 0.307 e. The summed E-state index contributed by atoms with van der Waals surface area (Å²) < 4.78 is 1.88. The fourth-order valence-electron chi connectivity index (χ4n) is 3.86. The molecule has 5 nitrogen and oxygen atoms in total. The average molecular weight is 369 g/mol. The second-order valence-corrected chi connectivity index (χ2v) is 7.33. The van der Waals surface area contributed by atoms with E-state index in [9.17, 15) is 4.79 Å². The maximum atomic E-state index is 11.1. The molecule has 0 amide bonds. The van der Waals surface area contributed by atoms with Crippen molar-refractivity contribution >= 4 is 16.9 Å². The Morgan fingerprint density at radius 2 is 1.86 bits per heavy atom. The lowest BCUT2D eigenvalue weighted by Gasteiger charge is -2.06. The standard InChI is InChI=1S/C23H19N3O2/c1-14-18-10-9-17(12-21(18)26(25-14)22-4-2-3-11-24-22)15-5-7-16(8-6-15)19-13-20(19)23(27)28/h2-12,19-20H,13H2,1H3,(H,27,28)/t19-,20+/m1/s1. The van der Waals surface area contributed by atoms with Crippen molar-refractivity contribution in [2.45, 2.75) is 19.3 Å². The molecule has 0 bridgehead atoms. The minimum atomic E-state index is -0.697. The highest BCUT2D eigenvalue weighted by molar-refractivity contribution is 5.87. The van der Waals surface area contributed by atoms with Crippen molar-refractivity contribution in [3.8, 4) is 16.9 Å². The first-order valence-electron chi connectivity index (χ1n) is 9.36. The van der Waals surface area contributed by atoms with Gasteiger partial charge >= 0.3 is 5.97 Å². The number of carbonyl (C=O) groups is 1. The van der Waals surface area contributed by atoms with Crippen molar-refractivity contribution in [3.63, 3.8) is 0 Å². The molecular weight excluding hydrogens is 350 g/mol. The van der Waals surface area contributed by atoms with Gasteiger partial charge in [-0.15, -0.1) is 0 Å². The van der Waals surface area contributed by atoms with Crippen LogP contribution < -0.4 is 0 Å². The third-order valence-corrected chi connectivity index (χ3v) is 5.51. The van der Waals surface area contributed by atoms with Gasteiger partial charge in [0, 0.05) is 11.6 Å². The Morgan fingerprint density at radius 3 is 2.54 bits per heavy atom. The van der Waals surface area contributed by atoms with Crippen LogP contribution in [-0.2, 0) is 4.79 Å². The van der Waals surface area contributed by atoms with E-state index in [2.05, 4.69) is 52.5 Å². The van der Waals surface area contributed by atoms with Crippen molar-refractivity contribution in [2.75, 3.05) is 0 Å². The minimum absolute atomic E-state index is 0.155. The molecule has 1 fully saturated rings. The summed E-state index contributed by atoms with van der Waals surface area (Å²) >= 11 is 0. The first-order valence-corrected chi connectivity index (χ1v) is 9.36. The quantitative estimate of drug-likeness (QED) is 0.571. The summed E-state index contributed by atoms with van der Waals surface area (Å²) in [5.41, 5.74) is 5.29. The summed E-state index contributed by atoms with van der Waals surface area (Å²) in [4.78, 5) is 15.5. The van der Waals surface area contributed by atoms with E-state index < -0.39 is 5.97 Å². The van der Waals surface area contributed by atoms with Crippen LogP contribution in [0.5, 0.6) is 0 Å². The SMILES string of the molecule is Cc1nn(-c2ccccn2)c2cc(-c3ccc([C@H]4C[C@@H]4C(=O)O)cc3)ccc12. The van der Waals surface area contributed by atoms with Gasteiger partial charge in [-0.25, -0.2) is 9.67 Å². The summed E-state index contributed by atoms with van der Waals surface area (Å²) in [5.74, 6) is 0.0272. The van der Waals surface area contributed by atoms with E-state index >= 15 is 0 Å². The minimum Gasteiger partial charge on any atom is -0.481 e. The molecule has 28 heavy (non-hydrogen) atoms. The predicted molar refractivity (Wildman–Crippen MR) is 108 cm³/mol. The second-order valence-electron chi connectivity index (χ2n) is 7.33. The van der Waals surface area contributed by atoms with Crippen LogP contribution in [-0.4, -0.2) is 25.8 Å². The normalized spacial score (nSPS) is 18.3. The first kappa shape index (κ1) is 16.7. The fourth-order valence-corrected chi connectivity index (χ4v) is 3.86. The number of rotatable bonds is 4. The molecule has 0 aliphatic heterocycles. The molecule has 5 rings (SSSR count). The number of carboxylic acid groups (broad SMARTS) is 1. The Balaban J connectivity index is 1.52. The largest absolute Gasteiger partial charge is 0.481 e. The number of pyridine rings is 1. The van der Waals surface area contributed by atoms with Crippen molar-refractivity contribution in [1.29, 1.82) is 0 Å².